The van der Waals surface area contributed by atoms with E-state index in [1.54, 1.807) is 4.90 Å². The molecule has 3 aromatic carbocycles. The van der Waals surface area contributed by atoms with Crippen LogP contribution in [0.15, 0.2) is 78.9 Å². The Hall–Kier alpha value is -3.93. The molecule has 1 atom stereocenters. The average Bonchev–Trinajstić information content (AvgIpc) is 3.25. The quantitative estimate of drug-likeness (QED) is 0.528. The molecular formula is C25H22N4O2. The standard InChI is InChI=1S/C25H22N4O2/c1-17-8-7-9-18(14-17)16-28-24(31)22(15-23(30)26-19-10-3-2-4-11-19)29-21-13-6-5-12-20(21)27-25(28)29/h2-14,22H,15-16H2,1H3,(H,26,30)/t22-/m1/s1. The molecule has 0 saturated carbocycles. The molecule has 0 saturated heterocycles. The Morgan fingerprint density at radius 2 is 1.77 bits per heavy atom. The molecule has 0 fully saturated rings. The number of benzene rings is 3. The van der Waals surface area contributed by atoms with Crippen molar-refractivity contribution in [2.45, 2.75) is 25.9 Å². The van der Waals surface area contributed by atoms with Gasteiger partial charge < -0.3 is 5.32 Å². The molecule has 1 N–H and O–H groups in total. The number of aryl methyl sites for hydroxylation is 1. The molecule has 0 spiro atoms. The maximum Gasteiger partial charge on any atom is 0.253 e. The zero-order valence-corrected chi connectivity index (χ0v) is 17.2. The van der Waals surface area contributed by atoms with Gasteiger partial charge in [0.15, 0.2) is 0 Å². The summed E-state index contributed by atoms with van der Waals surface area (Å²) in [5.41, 5.74) is 4.55. The van der Waals surface area contributed by atoms with Crippen LogP contribution in [0.3, 0.4) is 0 Å². The van der Waals surface area contributed by atoms with E-state index in [1.807, 2.05) is 84.3 Å². The van der Waals surface area contributed by atoms with Crippen LogP contribution in [0.4, 0.5) is 11.6 Å². The number of amides is 2. The Morgan fingerprint density at radius 3 is 2.58 bits per heavy atom. The van der Waals surface area contributed by atoms with Crippen molar-refractivity contribution < 1.29 is 9.59 Å². The highest BCUT2D eigenvalue weighted by Crippen LogP contribution is 2.37. The molecule has 1 aliphatic heterocycles. The maximum atomic E-state index is 13.4. The van der Waals surface area contributed by atoms with Gasteiger partial charge in [0.25, 0.3) is 5.91 Å². The number of fused-ring (bicyclic) bond motifs is 3. The first-order valence-corrected chi connectivity index (χ1v) is 10.3. The predicted octanol–water partition coefficient (Wildman–Crippen LogP) is 4.46. The SMILES string of the molecule is Cc1cccc(CN2C(=O)[C@@H](CC(=O)Nc3ccccc3)n3c2nc2ccccc23)c1. The number of hydrogen-bond donors (Lipinski definition) is 1. The van der Waals surface area contributed by atoms with Crippen LogP contribution >= 0.6 is 0 Å². The van der Waals surface area contributed by atoms with E-state index in [1.165, 1.54) is 0 Å². The van der Waals surface area contributed by atoms with Crippen LogP contribution < -0.4 is 10.2 Å². The van der Waals surface area contributed by atoms with Crippen LogP contribution in [0.2, 0.25) is 0 Å². The third-order valence-electron chi connectivity index (χ3n) is 5.54. The predicted molar refractivity (Wildman–Crippen MR) is 121 cm³/mol. The van der Waals surface area contributed by atoms with E-state index in [0.717, 1.165) is 22.2 Å². The topological polar surface area (TPSA) is 67.2 Å². The fourth-order valence-electron chi connectivity index (χ4n) is 4.15. The van der Waals surface area contributed by atoms with Gasteiger partial charge >= 0.3 is 0 Å². The number of rotatable bonds is 5. The van der Waals surface area contributed by atoms with Crippen molar-refractivity contribution in [3.8, 4) is 0 Å². The highest BCUT2D eigenvalue weighted by atomic mass is 16.2. The Labute approximate surface area is 180 Å². The van der Waals surface area contributed by atoms with Crippen LogP contribution in [-0.4, -0.2) is 21.4 Å². The molecule has 0 radical (unpaired) electrons. The lowest BCUT2D eigenvalue weighted by Crippen LogP contribution is -2.31. The summed E-state index contributed by atoms with van der Waals surface area (Å²) in [6.45, 7) is 2.45. The molecule has 31 heavy (non-hydrogen) atoms. The lowest BCUT2D eigenvalue weighted by Gasteiger charge is -2.16. The molecule has 1 aromatic heterocycles. The average molecular weight is 410 g/mol. The molecule has 0 aliphatic carbocycles. The monoisotopic (exact) mass is 410 g/mol. The van der Waals surface area contributed by atoms with E-state index in [0.29, 0.717) is 18.2 Å². The number of nitrogens with one attached hydrogen (secondary N) is 1. The number of carbonyl (C=O) groups is 2. The van der Waals surface area contributed by atoms with Crippen molar-refractivity contribution in [1.29, 1.82) is 0 Å². The Morgan fingerprint density at radius 1 is 1.00 bits per heavy atom. The molecule has 154 valence electrons. The molecule has 2 heterocycles. The van der Waals surface area contributed by atoms with Gasteiger partial charge in [-0.1, -0.05) is 60.2 Å². The summed E-state index contributed by atoms with van der Waals surface area (Å²) in [6, 6.07) is 24.4. The van der Waals surface area contributed by atoms with Crippen molar-refractivity contribution in [2.75, 3.05) is 10.2 Å². The first kappa shape index (κ1) is 19.1. The van der Waals surface area contributed by atoms with Gasteiger partial charge in [0, 0.05) is 5.69 Å². The maximum absolute atomic E-state index is 13.4. The number of carbonyl (C=O) groups excluding carboxylic acids is 2. The molecular weight excluding hydrogens is 388 g/mol. The summed E-state index contributed by atoms with van der Waals surface area (Å²) >= 11 is 0. The second-order valence-electron chi connectivity index (χ2n) is 7.82. The number of nitrogens with zero attached hydrogens (tertiary/aromatic N) is 3. The Balaban J connectivity index is 1.49. The summed E-state index contributed by atoms with van der Waals surface area (Å²) in [7, 11) is 0. The van der Waals surface area contributed by atoms with Gasteiger partial charge in [-0.15, -0.1) is 0 Å². The van der Waals surface area contributed by atoms with Crippen LogP contribution in [0.1, 0.15) is 23.6 Å². The van der Waals surface area contributed by atoms with Gasteiger partial charge in [-0.05, 0) is 36.8 Å². The second kappa shape index (κ2) is 7.72. The molecule has 2 amide bonds. The van der Waals surface area contributed by atoms with Crippen LogP contribution in [0.25, 0.3) is 11.0 Å². The van der Waals surface area contributed by atoms with Crippen molar-refractivity contribution in [3.63, 3.8) is 0 Å². The number of aromatic nitrogens is 2. The van der Waals surface area contributed by atoms with Gasteiger partial charge in [-0.3, -0.25) is 19.1 Å². The first-order valence-electron chi connectivity index (χ1n) is 10.3. The highest BCUT2D eigenvalue weighted by Gasteiger charge is 2.40. The third kappa shape index (κ3) is 3.57. The van der Waals surface area contributed by atoms with Gasteiger partial charge in [0.05, 0.1) is 24.0 Å². The van der Waals surface area contributed by atoms with Gasteiger partial charge in [-0.2, -0.15) is 0 Å². The van der Waals surface area contributed by atoms with Crippen molar-refractivity contribution in [1.82, 2.24) is 9.55 Å². The second-order valence-corrected chi connectivity index (χ2v) is 7.82. The normalized spacial score (nSPS) is 15.3. The van der Waals surface area contributed by atoms with Crippen LogP contribution in [0.5, 0.6) is 0 Å². The fourth-order valence-corrected chi connectivity index (χ4v) is 4.15. The lowest BCUT2D eigenvalue weighted by molar-refractivity contribution is -0.124. The first-order chi connectivity index (χ1) is 15.1. The fraction of sp³-hybridized carbons (Fsp3) is 0.160. The van der Waals surface area contributed by atoms with E-state index < -0.39 is 6.04 Å². The largest absolute Gasteiger partial charge is 0.326 e. The van der Waals surface area contributed by atoms with Gasteiger partial charge in [-0.25, -0.2) is 4.98 Å². The lowest BCUT2D eigenvalue weighted by atomic mass is 10.1. The van der Waals surface area contributed by atoms with E-state index >= 15 is 0 Å². The molecule has 6 nitrogen and oxygen atoms in total. The van der Waals surface area contributed by atoms with Crippen molar-refractivity contribution >= 4 is 34.5 Å². The summed E-state index contributed by atoms with van der Waals surface area (Å²) in [5.74, 6) is 0.272. The molecule has 6 heteroatoms. The Kier molecular flexibility index (Phi) is 4.75. The smallest absolute Gasteiger partial charge is 0.253 e. The summed E-state index contributed by atoms with van der Waals surface area (Å²) < 4.78 is 1.90. The molecule has 4 aromatic rings. The van der Waals surface area contributed by atoms with E-state index in [4.69, 9.17) is 4.98 Å². The Bertz CT molecular complexity index is 1280. The van der Waals surface area contributed by atoms with E-state index in [-0.39, 0.29) is 18.2 Å². The minimum atomic E-state index is -0.629. The molecule has 0 unspecified atom stereocenters. The van der Waals surface area contributed by atoms with Crippen molar-refractivity contribution in [3.05, 3.63) is 90.0 Å². The number of hydrogen-bond acceptors (Lipinski definition) is 3. The number of imidazole rings is 1. The zero-order chi connectivity index (χ0) is 21.4. The number of anilines is 2. The van der Waals surface area contributed by atoms with E-state index in [9.17, 15) is 9.59 Å². The molecule has 1 aliphatic rings. The zero-order valence-electron chi connectivity index (χ0n) is 17.2. The van der Waals surface area contributed by atoms with Crippen LogP contribution in [-0.2, 0) is 16.1 Å². The number of para-hydroxylation sites is 3. The molecule has 5 rings (SSSR count). The molecule has 0 bridgehead atoms. The summed E-state index contributed by atoms with van der Waals surface area (Å²) in [6.07, 6.45) is 0.0470. The van der Waals surface area contributed by atoms with Crippen LogP contribution in [0, 0.1) is 6.92 Å². The van der Waals surface area contributed by atoms with Gasteiger partial charge in [0.2, 0.25) is 11.9 Å². The van der Waals surface area contributed by atoms with Gasteiger partial charge in [0.1, 0.15) is 6.04 Å². The third-order valence-corrected chi connectivity index (χ3v) is 5.54. The summed E-state index contributed by atoms with van der Waals surface area (Å²) in [4.78, 5) is 32.6. The summed E-state index contributed by atoms with van der Waals surface area (Å²) in [5, 5.41) is 2.89. The van der Waals surface area contributed by atoms with E-state index in [2.05, 4.69) is 11.4 Å². The minimum Gasteiger partial charge on any atom is -0.326 e. The minimum absolute atomic E-state index is 0.0470. The highest BCUT2D eigenvalue weighted by molar-refractivity contribution is 6.05. The van der Waals surface area contributed by atoms with Crippen molar-refractivity contribution in [2.24, 2.45) is 0 Å².